The largest absolute Gasteiger partial charge is 0.374 e. The van der Waals surface area contributed by atoms with Crippen LogP contribution in [0, 0.1) is 0 Å². The molecule has 0 radical (unpaired) electrons. The van der Waals surface area contributed by atoms with Gasteiger partial charge in [-0.05, 0) is 27.7 Å². The van der Waals surface area contributed by atoms with Gasteiger partial charge in [0.15, 0.2) is 0 Å². The molecule has 1 atom stereocenters. The highest BCUT2D eigenvalue weighted by atomic mass is 32.1. The first-order valence-electron chi connectivity index (χ1n) is 6.45. The zero-order chi connectivity index (χ0) is 13.2. The second kappa shape index (κ2) is 5.50. The van der Waals surface area contributed by atoms with E-state index in [0.717, 1.165) is 36.9 Å². The Bertz CT molecular complexity index is 393. The van der Waals surface area contributed by atoms with E-state index < -0.39 is 0 Å². The molecule has 1 unspecified atom stereocenters. The number of nitrogens with one attached hydrogen (secondary N) is 1. The Kier molecular flexibility index (Phi) is 4.19. The van der Waals surface area contributed by atoms with Crippen LogP contribution >= 0.6 is 11.5 Å². The molecule has 1 fully saturated rings. The van der Waals surface area contributed by atoms with E-state index in [2.05, 4.69) is 47.5 Å². The molecule has 1 saturated heterocycles. The van der Waals surface area contributed by atoms with Gasteiger partial charge in [-0.15, -0.1) is 5.10 Å². The normalized spacial score (nSPS) is 24.1. The molecule has 1 aliphatic rings. The van der Waals surface area contributed by atoms with Crippen molar-refractivity contribution >= 4 is 16.5 Å². The van der Waals surface area contributed by atoms with Crippen LogP contribution in [0.15, 0.2) is 0 Å². The van der Waals surface area contributed by atoms with Crippen molar-refractivity contribution in [1.82, 2.24) is 14.5 Å². The van der Waals surface area contributed by atoms with Gasteiger partial charge in [0.25, 0.3) is 0 Å². The van der Waals surface area contributed by atoms with Crippen LogP contribution in [0.5, 0.6) is 0 Å². The van der Waals surface area contributed by atoms with Crippen LogP contribution in [0.1, 0.15) is 33.4 Å². The molecule has 1 N–H and O–H groups in total. The molecule has 0 spiro atoms. The fourth-order valence-electron chi connectivity index (χ4n) is 2.52. The lowest BCUT2D eigenvalue weighted by Gasteiger charge is -2.41. The number of anilines is 1. The molecule has 0 bridgehead atoms. The van der Waals surface area contributed by atoms with Crippen LogP contribution in [0.25, 0.3) is 0 Å². The molecule has 1 aliphatic heterocycles. The smallest absolute Gasteiger partial charge is 0.134 e. The minimum absolute atomic E-state index is 0.0839. The lowest BCUT2D eigenvalue weighted by molar-refractivity contribution is -0.130. The fraction of sp³-hybridized carbons (Fsp3) is 0.833. The van der Waals surface area contributed by atoms with E-state index in [1.165, 1.54) is 11.5 Å². The highest BCUT2D eigenvalue weighted by Gasteiger charge is 2.31. The SMILES string of the molecule is CCNc1snnc1CN1CC(C)OC(C)(C)C1. The molecule has 0 aromatic carbocycles. The van der Waals surface area contributed by atoms with E-state index in [4.69, 9.17) is 4.74 Å². The monoisotopic (exact) mass is 270 g/mol. The Morgan fingerprint density at radius 1 is 1.56 bits per heavy atom. The maximum Gasteiger partial charge on any atom is 0.134 e. The number of hydrogen-bond donors (Lipinski definition) is 1. The third-order valence-corrected chi connectivity index (χ3v) is 3.63. The predicted octanol–water partition coefficient (Wildman–Crippen LogP) is 1.97. The molecule has 5 nitrogen and oxygen atoms in total. The topological polar surface area (TPSA) is 50.3 Å². The standard InChI is InChI=1S/C12H22N4OS/c1-5-13-11-10(14-15-18-11)7-16-6-9(2)17-12(3,4)8-16/h9,13H,5-8H2,1-4H3. The van der Waals surface area contributed by atoms with Gasteiger partial charge < -0.3 is 10.1 Å². The van der Waals surface area contributed by atoms with Gasteiger partial charge in [-0.3, -0.25) is 4.90 Å². The summed E-state index contributed by atoms with van der Waals surface area (Å²) in [6.07, 6.45) is 0.267. The van der Waals surface area contributed by atoms with Crippen molar-refractivity contribution in [3.8, 4) is 0 Å². The predicted molar refractivity (Wildman–Crippen MR) is 74.0 cm³/mol. The molecule has 0 aliphatic carbocycles. The Labute approximate surface area is 113 Å². The number of nitrogens with zero attached hydrogens (tertiary/aromatic N) is 3. The Balaban J connectivity index is 2.02. The zero-order valence-electron chi connectivity index (χ0n) is 11.6. The van der Waals surface area contributed by atoms with Crippen LogP contribution < -0.4 is 5.32 Å². The van der Waals surface area contributed by atoms with Gasteiger partial charge in [-0.25, -0.2) is 0 Å². The number of morpholine rings is 1. The number of ether oxygens (including phenoxy) is 1. The molecule has 1 aromatic heterocycles. The summed E-state index contributed by atoms with van der Waals surface area (Å²) in [6, 6.07) is 0. The lowest BCUT2D eigenvalue weighted by atomic mass is 10.1. The summed E-state index contributed by atoms with van der Waals surface area (Å²) in [5.41, 5.74) is 0.964. The number of aromatic nitrogens is 2. The molecule has 102 valence electrons. The average Bonchev–Trinajstić information content (AvgIpc) is 2.63. The minimum atomic E-state index is -0.0839. The first-order valence-corrected chi connectivity index (χ1v) is 7.23. The van der Waals surface area contributed by atoms with Crippen LogP contribution in [0.2, 0.25) is 0 Å². The molecule has 18 heavy (non-hydrogen) atoms. The van der Waals surface area contributed by atoms with Gasteiger partial charge in [0.1, 0.15) is 10.7 Å². The molecule has 0 saturated carbocycles. The lowest BCUT2D eigenvalue weighted by Crippen LogP contribution is -2.51. The molecular weight excluding hydrogens is 248 g/mol. The molecule has 2 rings (SSSR count). The number of rotatable bonds is 4. The highest BCUT2D eigenvalue weighted by molar-refractivity contribution is 7.10. The van der Waals surface area contributed by atoms with Crippen molar-refractivity contribution in [2.75, 3.05) is 25.0 Å². The maximum absolute atomic E-state index is 5.91. The first-order chi connectivity index (χ1) is 8.50. The van der Waals surface area contributed by atoms with Crippen LogP contribution in [0.3, 0.4) is 0 Å². The quantitative estimate of drug-likeness (QED) is 0.906. The van der Waals surface area contributed by atoms with E-state index in [-0.39, 0.29) is 11.7 Å². The van der Waals surface area contributed by atoms with Crippen LogP contribution in [0.4, 0.5) is 5.00 Å². The van der Waals surface area contributed by atoms with Gasteiger partial charge >= 0.3 is 0 Å². The summed E-state index contributed by atoms with van der Waals surface area (Å²) in [6.45, 7) is 12.1. The van der Waals surface area contributed by atoms with E-state index in [1.54, 1.807) is 0 Å². The highest BCUT2D eigenvalue weighted by Crippen LogP contribution is 2.24. The van der Waals surface area contributed by atoms with E-state index in [9.17, 15) is 0 Å². The van der Waals surface area contributed by atoms with Gasteiger partial charge in [0, 0.05) is 37.7 Å². The Morgan fingerprint density at radius 2 is 2.33 bits per heavy atom. The van der Waals surface area contributed by atoms with Gasteiger partial charge in [0.05, 0.1) is 11.7 Å². The average molecular weight is 270 g/mol. The molecule has 0 amide bonds. The first kappa shape index (κ1) is 13.7. The summed E-state index contributed by atoms with van der Waals surface area (Å²) in [5, 5.41) is 8.63. The van der Waals surface area contributed by atoms with Crippen LogP contribution in [-0.2, 0) is 11.3 Å². The summed E-state index contributed by atoms with van der Waals surface area (Å²) in [7, 11) is 0. The van der Waals surface area contributed by atoms with Crippen molar-refractivity contribution in [1.29, 1.82) is 0 Å². The van der Waals surface area contributed by atoms with Crippen molar-refractivity contribution in [2.24, 2.45) is 0 Å². The summed E-state index contributed by atoms with van der Waals surface area (Å²) in [5.74, 6) is 0. The summed E-state index contributed by atoms with van der Waals surface area (Å²) < 4.78 is 9.94. The third-order valence-electron chi connectivity index (χ3n) is 2.91. The number of hydrogen-bond acceptors (Lipinski definition) is 6. The van der Waals surface area contributed by atoms with E-state index in [1.807, 2.05) is 0 Å². The van der Waals surface area contributed by atoms with Crippen molar-refractivity contribution in [2.45, 2.75) is 45.9 Å². The molecule has 2 heterocycles. The minimum Gasteiger partial charge on any atom is -0.374 e. The van der Waals surface area contributed by atoms with Crippen molar-refractivity contribution < 1.29 is 4.74 Å². The molecule has 1 aromatic rings. The molecule has 6 heteroatoms. The fourth-order valence-corrected chi connectivity index (χ4v) is 3.17. The van der Waals surface area contributed by atoms with Crippen LogP contribution in [-0.4, -0.2) is 45.8 Å². The van der Waals surface area contributed by atoms with Gasteiger partial charge in [0.2, 0.25) is 0 Å². The second-order valence-corrected chi connectivity index (χ2v) is 6.19. The third kappa shape index (κ3) is 3.40. The zero-order valence-corrected chi connectivity index (χ0v) is 12.4. The van der Waals surface area contributed by atoms with E-state index in [0.29, 0.717) is 0 Å². The van der Waals surface area contributed by atoms with Gasteiger partial charge in [-0.2, -0.15) is 0 Å². The van der Waals surface area contributed by atoms with E-state index >= 15 is 0 Å². The van der Waals surface area contributed by atoms with Gasteiger partial charge in [-0.1, -0.05) is 4.49 Å². The molecular formula is C12H22N4OS. The Morgan fingerprint density at radius 3 is 3.00 bits per heavy atom. The summed E-state index contributed by atoms with van der Waals surface area (Å²) >= 11 is 1.43. The van der Waals surface area contributed by atoms with Crippen molar-refractivity contribution in [3.05, 3.63) is 5.69 Å². The van der Waals surface area contributed by atoms with Crippen molar-refractivity contribution in [3.63, 3.8) is 0 Å². The maximum atomic E-state index is 5.91. The Hall–Kier alpha value is -0.720. The second-order valence-electron chi connectivity index (χ2n) is 5.44. The summed E-state index contributed by atoms with van der Waals surface area (Å²) in [4.78, 5) is 2.39.